The summed E-state index contributed by atoms with van der Waals surface area (Å²) >= 11 is 0. The SMILES string of the molecule is CCOC(=O)OCn1ccc2c(S(=O)(=O)N3CCC(N)C34CC4)cccc2c1=O. The molecule has 0 amide bonds. The highest BCUT2D eigenvalue weighted by atomic mass is 32.2. The number of hydrogen-bond donors (Lipinski definition) is 1. The molecule has 1 aromatic carbocycles. The number of aromatic nitrogens is 1. The largest absolute Gasteiger partial charge is 0.510 e. The highest BCUT2D eigenvalue weighted by Gasteiger charge is 2.60. The maximum atomic E-state index is 13.4. The minimum atomic E-state index is -3.81. The zero-order chi connectivity index (χ0) is 20.8. The van der Waals surface area contributed by atoms with Crippen LogP contribution in [0.25, 0.3) is 10.8 Å². The Morgan fingerprint density at radius 3 is 2.69 bits per heavy atom. The van der Waals surface area contributed by atoms with E-state index in [4.69, 9.17) is 10.5 Å². The van der Waals surface area contributed by atoms with Crippen molar-refractivity contribution < 1.29 is 22.7 Å². The van der Waals surface area contributed by atoms with Crippen LogP contribution in [0.4, 0.5) is 4.79 Å². The number of sulfonamides is 1. The number of pyridine rings is 1. The molecular weight excluding hydrogens is 398 g/mol. The first-order chi connectivity index (χ1) is 13.8. The first-order valence-corrected chi connectivity index (χ1v) is 11.0. The summed E-state index contributed by atoms with van der Waals surface area (Å²) in [6.45, 7) is 1.86. The summed E-state index contributed by atoms with van der Waals surface area (Å²) in [5, 5.41) is 0.565. The minimum Gasteiger partial charge on any atom is -0.435 e. The van der Waals surface area contributed by atoms with Crippen molar-refractivity contribution in [3.05, 3.63) is 40.8 Å². The number of nitrogens with zero attached hydrogens (tertiary/aromatic N) is 2. The van der Waals surface area contributed by atoms with E-state index in [0.717, 1.165) is 12.8 Å². The molecule has 156 valence electrons. The second-order valence-corrected chi connectivity index (χ2v) is 9.17. The van der Waals surface area contributed by atoms with E-state index >= 15 is 0 Å². The number of carbonyl (C=O) groups is 1. The van der Waals surface area contributed by atoms with Gasteiger partial charge < -0.3 is 15.2 Å². The van der Waals surface area contributed by atoms with Crippen molar-refractivity contribution in [2.24, 2.45) is 5.73 Å². The van der Waals surface area contributed by atoms with Crippen LogP contribution in [-0.2, 0) is 26.2 Å². The van der Waals surface area contributed by atoms with Crippen molar-refractivity contribution >= 4 is 27.0 Å². The molecule has 29 heavy (non-hydrogen) atoms. The fraction of sp³-hybridized carbons (Fsp3) is 0.474. The number of benzene rings is 1. The maximum Gasteiger partial charge on any atom is 0.510 e. The Balaban J connectivity index is 1.71. The number of rotatable bonds is 5. The van der Waals surface area contributed by atoms with Gasteiger partial charge in [0.05, 0.1) is 17.0 Å². The summed E-state index contributed by atoms with van der Waals surface area (Å²) in [4.78, 5) is 24.2. The normalized spacial score (nSPS) is 20.8. The lowest BCUT2D eigenvalue weighted by molar-refractivity contribution is 0.0362. The van der Waals surface area contributed by atoms with Gasteiger partial charge in [-0.1, -0.05) is 6.07 Å². The van der Waals surface area contributed by atoms with Crippen LogP contribution >= 0.6 is 0 Å². The first kappa shape index (κ1) is 19.9. The fourth-order valence-electron chi connectivity index (χ4n) is 4.06. The second-order valence-electron chi connectivity index (χ2n) is 7.34. The average Bonchev–Trinajstić information content (AvgIpc) is 3.41. The predicted octanol–water partition coefficient (Wildman–Crippen LogP) is 1.39. The molecule has 1 spiro atoms. The van der Waals surface area contributed by atoms with Gasteiger partial charge in [-0.3, -0.25) is 9.36 Å². The van der Waals surface area contributed by atoms with E-state index in [1.165, 1.54) is 21.1 Å². The van der Waals surface area contributed by atoms with Gasteiger partial charge in [-0.2, -0.15) is 4.31 Å². The van der Waals surface area contributed by atoms with Gasteiger partial charge in [0.1, 0.15) is 0 Å². The van der Waals surface area contributed by atoms with E-state index in [1.807, 2.05) is 0 Å². The summed E-state index contributed by atoms with van der Waals surface area (Å²) < 4.78 is 39.1. The Hall–Kier alpha value is -2.43. The van der Waals surface area contributed by atoms with Gasteiger partial charge >= 0.3 is 6.16 Å². The van der Waals surface area contributed by atoms with Gasteiger partial charge in [0.2, 0.25) is 10.0 Å². The molecule has 2 aromatic rings. The molecule has 9 nitrogen and oxygen atoms in total. The monoisotopic (exact) mass is 421 g/mol. The Kier molecular flexibility index (Phi) is 4.88. The fourth-order valence-corrected chi connectivity index (χ4v) is 6.14. The maximum absolute atomic E-state index is 13.4. The smallest absolute Gasteiger partial charge is 0.435 e. The zero-order valence-corrected chi connectivity index (χ0v) is 16.9. The average molecular weight is 421 g/mol. The van der Waals surface area contributed by atoms with Crippen LogP contribution in [0.3, 0.4) is 0 Å². The van der Waals surface area contributed by atoms with Crippen molar-refractivity contribution in [1.29, 1.82) is 0 Å². The van der Waals surface area contributed by atoms with Crippen molar-refractivity contribution in [2.75, 3.05) is 13.2 Å². The lowest BCUT2D eigenvalue weighted by Gasteiger charge is -2.26. The highest BCUT2D eigenvalue weighted by Crippen LogP contribution is 2.51. The number of ether oxygens (including phenoxy) is 2. The third-order valence-corrected chi connectivity index (χ3v) is 7.76. The van der Waals surface area contributed by atoms with E-state index in [0.29, 0.717) is 18.4 Å². The standard InChI is InChI=1S/C19H23N3O6S/c1-2-27-18(24)28-12-21-10-6-13-14(17(21)23)4-3-5-15(13)29(25,26)22-11-7-16(20)19(22)8-9-19/h3-6,10,16H,2,7-9,11-12,20H2,1H3. The quantitative estimate of drug-likeness (QED) is 0.724. The molecule has 0 radical (unpaired) electrons. The van der Waals surface area contributed by atoms with Gasteiger partial charge in [-0.15, -0.1) is 0 Å². The summed E-state index contributed by atoms with van der Waals surface area (Å²) in [7, 11) is -3.81. The number of hydrogen-bond acceptors (Lipinski definition) is 7. The number of fused-ring (bicyclic) bond motifs is 1. The van der Waals surface area contributed by atoms with Crippen LogP contribution in [0.5, 0.6) is 0 Å². The van der Waals surface area contributed by atoms with Crippen molar-refractivity contribution in [3.63, 3.8) is 0 Å². The zero-order valence-electron chi connectivity index (χ0n) is 16.0. The summed E-state index contributed by atoms with van der Waals surface area (Å²) in [6, 6.07) is 6.00. The van der Waals surface area contributed by atoms with Crippen LogP contribution in [-0.4, -0.2) is 48.2 Å². The highest BCUT2D eigenvalue weighted by molar-refractivity contribution is 7.89. The van der Waals surface area contributed by atoms with E-state index in [2.05, 4.69) is 4.74 Å². The van der Waals surface area contributed by atoms with Crippen LogP contribution in [0, 0.1) is 0 Å². The molecule has 1 aliphatic heterocycles. The molecule has 2 aliphatic rings. The van der Waals surface area contributed by atoms with Crippen molar-refractivity contribution in [3.8, 4) is 0 Å². The topological polar surface area (TPSA) is 121 Å². The molecule has 1 unspecified atom stereocenters. The van der Waals surface area contributed by atoms with Crippen LogP contribution < -0.4 is 11.3 Å². The van der Waals surface area contributed by atoms with Gasteiger partial charge in [0, 0.05) is 29.6 Å². The molecule has 2 heterocycles. The molecule has 1 aromatic heterocycles. The van der Waals surface area contributed by atoms with Gasteiger partial charge in [0.15, 0.2) is 6.73 Å². The van der Waals surface area contributed by atoms with Crippen molar-refractivity contribution in [2.45, 2.75) is 49.4 Å². The number of nitrogens with two attached hydrogens (primary N) is 1. The first-order valence-electron chi connectivity index (χ1n) is 9.51. The molecule has 10 heteroatoms. The van der Waals surface area contributed by atoms with E-state index in [-0.39, 0.29) is 29.7 Å². The predicted molar refractivity (Wildman–Crippen MR) is 105 cm³/mol. The molecular formula is C19H23N3O6S. The summed E-state index contributed by atoms with van der Waals surface area (Å²) in [5.41, 5.74) is 5.23. The van der Waals surface area contributed by atoms with Gasteiger partial charge in [-0.05, 0) is 44.4 Å². The third-order valence-electron chi connectivity index (χ3n) is 5.72. The van der Waals surface area contributed by atoms with Gasteiger partial charge in [0.25, 0.3) is 5.56 Å². The molecule has 1 atom stereocenters. The summed E-state index contributed by atoms with van der Waals surface area (Å²) in [6.07, 6.45) is 2.68. The Bertz CT molecular complexity index is 1120. The molecule has 2 fully saturated rings. The Labute approximate surface area is 168 Å². The number of carbonyl (C=O) groups excluding carboxylic acids is 1. The minimum absolute atomic E-state index is 0.0888. The molecule has 2 N–H and O–H groups in total. The van der Waals surface area contributed by atoms with E-state index < -0.39 is 27.3 Å². The van der Waals surface area contributed by atoms with E-state index in [9.17, 15) is 18.0 Å². The van der Waals surface area contributed by atoms with Crippen LogP contribution in [0.1, 0.15) is 26.2 Å². The third kappa shape index (κ3) is 3.21. The van der Waals surface area contributed by atoms with Gasteiger partial charge in [-0.25, -0.2) is 13.2 Å². The molecule has 1 saturated carbocycles. The second kappa shape index (κ2) is 7.12. The van der Waals surface area contributed by atoms with Crippen molar-refractivity contribution in [1.82, 2.24) is 8.87 Å². The molecule has 0 bridgehead atoms. The Morgan fingerprint density at radius 2 is 2.00 bits per heavy atom. The van der Waals surface area contributed by atoms with Crippen LogP contribution in [0.15, 0.2) is 40.2 Å². The lowest BCUT2D eigenvalue weighted by Crippen LogP contribution is -2.44. The lowest BCUT2D eigenvalue weighted by atomic mass is 10.1. The Morgan fingerprint density at radius 1 is 1.24 bits per heavy atom. The molecule has 4 rings (SSSR count). The van der Waals surface area contributed by atoms with Crippen LogP contribution in [0.2, 0.25) is 0 Å². The van der Waals surface area contributed by atoms with E-state index in [1.54, 1.807) is 25.1 Å². The molecule has 1 saturated heterocycles. The summed E-state index contributed by atoms with van der Waals surface area (Å²) in [5.74, 6) is 0. The molecule has 1 aliphatic carbocycles.